The molecular formula is C7H17NOS. The molecule has 0 fully saturated rings. The summed E-state index contributed by atoms with van der Waals surface area (Å²) in [6, 6.07) is -0.0261. The molecule has 10 heavy (non-hydrogen) atoms. The molecule has 0 aromatic rings. The smallest absolute Gasteiger partial charge is 0.0590 e. The fourth-order valence-corrected chi connectivity index (χ4v) is 1.60. The first-order valence-corrected chi connectivity index (χ1v) is 4.91. The molecule has 0 aliphatic rings. The summed E-state index contributed by atoms with van der Waals surface area (Å²) >= 11 is 1.83. The van der Waals surface area contributed by atoms with Crippen molar-refractivity contribution >= 4 is 11.8 Å². The molecule has 0 unspecified atom stereocenters. The van der Waals surface area contributed by atoms with Crippen LogP contribution < -0.4 is 5.73 Å². The summed E-state index contributed by atoms with van der Waals surface area (Å²) < 4.78 is 0. The first-order chi connectivity index (χ1) is 4.81. The molecule has 0 aliphatic heterocycles. The number of hydrogen-bond acceptors (Lipinski definition) is 3. The molecule has 0 saturated heterocycles. The van der Waals surface area contributed by atoms with Gasteiger partial charge >= 0.3 is 0 Å². The zero-order valence-electron chi connectivity index (χ0n) is 6.55. The summed E-state index contributed by atoms with van der Waals surface area (Å²) in [5.74, 6) is 2.06. The minimum Gasteiger partial charge on any atom is -0.395 e. The number of rotatable bonds is 6. The van der Waals surface area contributed by atoms with Gasteiger partial charge in [-0.1, -0.05) is 13.3 Å². The number of nitrogens with two attached hydrogens (primary N) is 1. The standard InChI is InChI=1S/C7H17NOS/c1-2-3-4-10-6-7(8)5-9/h7,9H,2-6,8H2,1H3/t7-/m1/s1. The maximum atomic E-state index is 8.55. The van der Waals surface area contributed by atoms with Gasteiger partial charge in [0.25, 0.3) is 0 Å². The lowest BCUT2D eigenvalue weighted by molar-refractivity contribution is 0.275. The second-order valence-electron chi connectivity index (χ2n) is 2.37. The molecule has 0 spiro atoms. The SMILES string of the molecule is CCCCSC[C@H](N)CO. The number of unbranched alkanes of at least 4 members (excludes halogenated alkanes) is 1. The third-order valence-corrected chi connectivity index (χ3v) is 2.45. The third-order valence-electron chi connectivity index (χ3n) is 1.21. The van der Waals surface area contributed by atoms with Crippen molar-refractivity contribution in [2.75, 3.05) is 18.1 Å². The van der Waals surface area contributed by atoms with Gasteiger partial charge in [-0.15, -0.1) is 0 Å². The normalized spacial score (nSPS) is 13.5. The summed E-state index contributed by atoms with van der Waals surface area (Å²) in [4.78, 5) is 0. The van der Waals surface area contributed by atoms with Crippen molar-refractivity contribution in [3.63, 3.8) is 0 Å². The second-order valence-corrected chi connectivity index (χ2v) is 3.52. The van der Waals surface area contributed by atoms with Gasteiger partial charge in [0.1, 0.15) is 0 Å². The minimum absolute atomic E-state index is 0.0261. The fourth-order valence-electron chi connectivity index (χ4n) is 0.534. The van der Waals surface area contributed by atoms with E-state index in [9.17, 15) is 0 Å². The Bertz CT molecular complexity index is 70.6. The van der Waals surface area contributed by atoms with Crippen LogP contribution in [-0.4, -0.2) is 29.3 Å². The van der Waals surface area contributed by atoms with E-state index >= 15 is 0 Å². The lowest BCUT2D eigenvalue weighted by Crippen LogP contribution is -2.27. The Hall–Kier alpha value is 0.270. The van der Waals surface area contributed by atoms with E-state index in [2.05, 4.69) is 6.92 Å². The van der Waals surface area contributed by atoms with Gasteiger partial charge in [0.15, 0.2) is 0 Å². The van der Waals surface area contributed by atoms with Crippen molar-refractivity contribution in [1.29, 1.82) is 0 Å². The largest absolute Gasteiger partial charge is 0.395 e. The molecule has 0 saturated carbocycles. The zero-order chi connectivity index (χ0) is 7.82. The number of hydrogen-bond donors (Lipinski definition) is 2. The quantitative estimate of drug-likeness (QED) is 0.570. The topological polar surface area (TPSA) is 46.2 Å². The summed E-state index contributed by atoms with van der Waals surface area (Å²) in [6.07, 6.45) is 2.49. The van der Waals surface area contributed by atoms with Crippen molar-refractivity contribution in [3.8, 4) is 0 Å². The van der Waals surface area contributed by atoms with E-state index in [1.165, 1.54) is 18.6 Å². The molecule has 0 heterocycles. The van der Waals surface area contributed by atoms with Crippen LogP contribution in [0.15, 0.2) is 0 Å². The van der Waals surface area contributed by atoms with Crippen LogP contribution in [0.5, 0.6) is 0 Å². The molecule has 0 amide bonds. The third kappa shape index (κ3) is 6.39. The number of aliphatic hydroxyl groups is 1. The van der Waals surface area contributed by atoms with Crippen LogP contribution in [0.2, 0.25) is 0 Å². The Morgan fingerprint density at radius 1 is 1.60 bits per heavy atom. The molecule has 3 heteroatoms. The predicted octanol–water partition coefficient (Wildman–Crippen LogP) is 0.839. The Morgan fingerprint density at radius 3 is 2.80 bits per heavy atom. The fraction of sp³-hybridized carbons (Fsp3) is 1.00. The lowest BCUT2D eigenvalue weighted by atomic mass is 10.4. The maximum Gasteiger partial charge on any atom is 0.0590 e. The summed E-state index contributed by atoms with van der Waals surface area (Å²) in [5, 5.41) is 8.55. The summed E-state index contributed by atoms with van der Waals surface area (Å²) in [5.41, 5.74) is 5.48. The van der Waals surface area contributed by atoms with E-state index in [4.69, 9.17) is 10.8 Å². The van der Waals surface area contributed by atoms with Crippen molar-refractivity contribution in [3.05, 3.63) is 0 Å². The molecule has 2 nitrogen and oxygen atoms in total. The average molecular weight is 163 g/mol. The molecule has 0 bridgehead atoms. The van der Waals surface area contributed by atoms with E-state index in [0.717, 1.165) is 5.75 Å². The summed E-state index contributed by atoms with van der Waals surface area (Å²) in [6.45, 7) is 2.28. The highest BCUT2D eigenvalue weighted by atomic mass is 32.2. The molecule has 0 aliphatic carbocycles. The highest BCUT2D eigenvalue weighted by Gasteiger charge is 1.98. The van der Waals surface area contributed by atoms with Crippen LogP contribution in [0.25, 0.3) is 0 Å². The predicted molar refractivity (Wildman–Crippen MR) is 47.3 cm³/mol. The molecule has 1 atom stereocenters. The van der Waals surface area contributed by atoms with Crippen LogP contribution in [0.4, 0.5) is 0 Å². The Morgan fingerprint density at radius 2 is 2.30 bits per heavy atom. The minimum atomic E-state index is -0.0261. The van der Waals surface area contributed by atoms with Crippen LogP contribution in [0, 0.1) is 0 Å². The van der Waals surface area contributed by atoms with Gasteiger partial charge in [-0.25, -0.2) is 0 Å². The van der Waals surface area contributed by atoms with E-state index < -0.39 is 0 Å². The molecule has 0 rings (SSSR count). The second kappa shape index (κ2) is 7.38. The number of thioether (sulfide) groups is 1. The molecule has 0 aromatic carbocycles. The Kier molecular flexibility index (Phi) is 7.58. The van der Waals surface area contributed by atoms with E-state index in [1.807, 2.05) is 11.8 Å². The molecule has 3 N–H and O–H groups in total. The van der Waals surface area contributed by atoms with Crippen LogP contribution in [0.1, 0.15) is 19.8 Å². The van der Waals surface area contributed by atoms with Gasteiger partial charge in [-0.05, 0) is 12.2 Å². The van der Waals surface area contributed by atoms with Gasteiger partial charge in [0, 0.05) is 11.8 Å². The van der Waals surface area contributed by atoms with Gasteiger partial charge in [-0.2, -0.15) is 11.8 Å². The van der Waals surface area contributed by atoms with E-state index in [1.54, 1.807) is 0 Å². The zero-order valence-corrected chi connectivity index (χ0v) is 7.36. The van der Waals surface area contributed by atoms with Crippen LogP contribution >= 0.6 is 11.8 Å². The van der Waals surface area contributed by atoms with Gasteiger partial charge < -0.3 is 10.8 Å². The molecule has 0 radical (unpaired) electrons. The molecular weight excluding hydrogens is 146 g/mol. The highest BCUT2D eigenvalue weighted by molar-refractivity contribution is 7.99. The first-order valence-electron chi connectivity index (χ1n) is 3.75. The van der Waals surface area contributed by atoms with E-state index in [0.29, 0.717) is 0 Å². The summed E-state index contributed by atoms with van der Waals surface area (Å²) in [7, 11) is 0. The van der Waals surface area contributed by atoms with Crippen molar-refractivity contribution < 1.29 is 5.11 Å². The Labute approximate surface area is 67.2 Å². The lowest BCUT2D eigenvalue weighted by Gasteiger charge is -2.05. The van der Waals surface area contributed by atoms with Crippen molar-refractivity contribution in [1.82, 2.24) is 0 Å². The Balaban J connectivity index is 2.89. The van der Waals surface area contributed by atoms with Crippen LogP contribution in [0.3, 0.4) is 0 Å². The number of aliphatic hydroxyl groups excluding tert-OH is 1. The van der Waals surface area contributed by atoms with Crippen LogP contribution in [-0.2, 0) is 0 Å². The average Bonchev–Trinajstić information content (AvgIpc) is 1.98. The van der Waals surface area contributed by atoms with Crippen molar-refractivity contribution in [2.45, 2.75) is 25.8 Å². The van der Waals surface area contributed by atoms with E-state index in [-0.39, 0.29) is 12.6 Å². The van der Waals surface area contributed by atoms with Crippen molar-refractivity contribution in [2.24, 2.45) is 5.73 Å². The molecule has 0 aromatic heterocycles. The van der Waals surface area contributed by atoms with Gasteiger partial charge in [0.05, 0.1) is 6.61 Å². The molecule has 62 valence electrons. The monoisotopic (exact) mass is 163 g/mol. The first kappa shape index (κ1) is 10.3. The van der Waals surface area contributed by atoms with Gasteiger partial charge in [-0.3, -0.25) is 0 Å². The maximum absolute atomic E-state index is 8.55. The van der Waals surface area contributed by atoms with Gasteiger partial charge in [0.2, 0.25) is 0 Å². The highest BCUT2D eigenvalue weighted by Crippen LogP contribution is 2.04.